The third-order valence-electron chi connectivity index (χ3n) is 5.02. The van der Waals surface area contributed by atoms with Crippen LogP contribution in [0, 0.1) is 0 Å². The van der Waals surface area contributed by atoms with E-state index in [2.05, 4.69) is 10.3 Å². The number of piperazine rings is 1. The summed E-state index contributed by atoms with van der Waals surface area (Å²) < 4.78 is 43.2. The Labute approximate surface area is 188 Å². The molecule has 11 heteroatoms. The van der Waals surface area contributed by atoms with E-state index in [9.17, 15) is 22.8 Å². The molecule has 1 N–H and O–H groups in total. The molecule has 0 aromatic carbocycles. The normalized spacial score (nSPS) is 15.0. The van der Waals surface area contributed by atoms with E-state index in [1.807, 2.05) is 16.7 Å². The summed E-state index contributed by atoms with van der Waals surface area (Å²) in [6, 6.07) is 4.13. The largest absolute Gasteiger partial charge is 0.462 e. The molecule has 174 valence electrons. The van der Waals surface area contributed by atoms with Crippen molar-refractivity contribution in [2.75, 3.05) is 49.5 Å². The number of aromatic nitrogens is 1. The SMILES string of the molecule is CCOC(=O)c1cc(CC)sc1NC(=O)CN1CCN(c2ccc(C(F)(F)F)cn2)CC1. The molecule has 1 amide bonds. The van der Waals surface area contributed by atoms with Crippen LogP contribution in [-0.4, -0.2) is 61.1 Å². The number of thiophene rings is 1. The highest BCUT2D eigenvalue weighted by atomic mass is 32.1. The van der Waals surface area contributed by atoms with Crippen LogP contribution in [0.3, 0.4) is 0 Å². The van der Waals surface area contributed by atoms with Gasteiger partial charge in [-0.1, -0.05) is 6.92 Å². The molecule has 1 saturated heterocycles. The number of nitrogens with one attached hydrogen (secondary N) is 1. The molecular formula is C21H25F3N4O3S. The van der Waals surface area contributed by atoms with Crippen LogP contribution >= 0.6 is 11.3 Å². The summed E-state index contributed by atoms with van der Waals surface area (Å²) in [6.45, 7) is 6.30. The minimum atomic E-state index is -4.41. The summed E-state index contributed by atoms with van der Waals surface area (Å²) in [5.74, 6) is -0.218. The lowest BCUT2D eigenvalue weighted by atomic mass is 10.2. The molecule has 1 aliphatic rings. The zero-order valence-electron chi connectivity index (χ0n) is 17.9. The van der Waals surface area contributed by atoms with Gasteiger partial charge in [-0.15, -0.1) is 11.3 Å². The van der Waals surface area contributed by atoms with Gasteiger partial charge in [-0.2, -0.15) is 13.2 Å². The fourth-order valence-corrected chi connectivity index (χ4v) is 4.32. The smallest absolute Gasteiger partial charge is 0.417 e. The van der Waals surface area contributed by atoms with Crippen molar-refractivity contribution < 1.29 is 27.5 Å². The molecule has 0 radical (unpaired) electrons. The highest BCUT2D eigenvalue weighted by Crippen LogP contribution is 2.30. The average molecular weight is 471 g/mol. The summed E-state index contributed by atoms with van der Waals surface area (Å²) in [5.41, 5.74) is -0.418. The standard InChI is InChI=1S/C21H25F3N4O3S/c1-3-15-11-16(20(30)31-4-2)19(32-15)26-18(29)13-27-7-9-28(10-8-27)17-6-5-14(12-25-17)21(22,23)24/h5-6,11-12H,3-4,7-10,13H2,1-2H3,(H,26,29). The number of hydrogen-bond acceptors (Lipinski definition) is 7. The number of hydrogen-bond donors (Lipinski definition) is 1. The fraction of sp³-hybridized carbons (Fsp3) is 0.476. The quantitative estimate of drug-likeness (QED) is 0.623. The van der Waals surface area contributed by atoms with E-state index in [4.69, 9.17) is 4.74 Å². The van der Waals surface area contributed by atoms with Crippen LogP contribution in [0.4, 0.5) is 24.0 Å². The van der Waals surface area contributed by atoms with Gasteiger partial charge in [-0.05, 0) is 31.5 Å². The molecule has 3 heterocycles. The number of nitrogens with zero attached hydrogens (tertiary/aromatic N) is 3. The number of ether oxygens (including phenoxy) is 1. The number of alkyl halides is 3. The van der Waals surface area contributed by atoms with Crippen molar-refractivity contribution in [1.82, 2.24) is 9.88 Å². The number of carbonyl (C=O) groups is 2. The number of amides is 1. The first-order valence-corrected chi connectivity index (χ1v) is 11.1. The summed E-state index contributed by atoms with van der Waals surface area (Å²) in [7, 11) is 0. The van der Waals surface area contributed by atoms with Crippen molar-refractivity contribution in [1.29, 1.82) is 0 Å². The van der Waals surface area contributed by atoms with Gasteiger partial charge < -0.3 is 15.0 Å². The van der Waals surface area contributed by atoms with Gasteiger partial charge in [0.25, 0.3) is 0 Å². The first kappa shape index (κ1) is 24.0. The van der Waals surface area contributed by atoms with Crippen LogP contribution in [0.2, 0.25) is 0 Å². The van der Waals surface area contributed by atoms with E-state index in [1.165, 1.54) is 17.4 Å². The zero-order valence-corrected chi connectivity index (χ0v) is 18.7. The van der Waals surface area contributed by atoms with E-state index >= 15 is 0 Å². The molecule has 1 aliphatic heterocycles. The van der Waals surface area contributed by atoms with Crippen molar-refractivity contribution in [3.05, 3.63) is 40.4 Å². The van der Waals surface area contributed by atoms with Gasteiger partial charge in [0.15, 0.2) is 0 Å². The number of halogens is 3. The molecule has 32 heavy (non-hydrogen) atoms. The maximum absolute atomic E-state index is 12.7. The van der Waals surface area contributed by atoms with Gasteiger partial charge in [0.05, 0.1) is 24.3 Å². The topological polar surface area (TPSA) is 74.8 Å². The molecule has 2 aromatic rings. The number of carbonyl (C=O) groups excluding carboxylic acids is 2. The van der Waals surface area contributed by atoms with Crippen LogP contribution in [0.15, 0.2) is 24.4 Å². The van der Waals surface area contributed by atoms with Crippen LogP contribution in [0.5, 0.6) is 0 Å². The van der Waals surface area contributed by atoms with Crippen LogP contribution in [0.25, 0.3) is 0 Å². The lowest BCUT2D eigenvalue weighted by Crippen LogP contribution is -2.49. The number of pyridine rings is 1. The van der Waals surface area contributed by atoms with Gasteiger partial charge in [0.2, 0.25) is 5.91 Å². The molecule has 0 spiro atoms. The maximum atomic E-state index is 12.7. The van der Waals surface area contributed by atoms with Crippen LogP contribution in [0.1, 0.15) is 34.6 Å². The summed E-state index contributed by atoms with van der Waals surface area (Å²) in [4.78, 5) is 33.5. The minimum Gasteiger partial charge on any atom is -0.462 e. The predicted molar refractivity (Wildman–Crippen MR) is 116 cm³/mol. The lowest BCUT2D eigenvalue weighted by Gasteiger charge is -2.35. The predicted octanol–water partition coefficient (Wildman–Crippen LogP) is 3.66. The van der Waals surface area contributed by atoms with Crippen molar-refractivity contribution in [3.63, 3.8) is 0 Å². The van der Waals surface area contributed by atoms with E-state index in [1.54, 1.807) is 13.0 Å². The Morgan fingerprint density at radius 3 is 2.47 bits per heavy atom. The van der Waals surface area contributed by atoms with Crippen LogP contribution in [-0.2, 0) is 22.1 Å². The second-order valence-electron chi connectivity index (χ2n) is 7.24. The molecule has 0 aliphatic carbocycles. The Balaban J connectivity index is 1.54. The molecule has 1 fully saturated rings. The van der Waals surface area contributed by atoms with Gasteiger partial charge in [-0.3, -0.25) is 9.69 Å². The molecule has 2 aromatic heterocycles. The van der Waals surface area contributed by atoms with Gasteiger partial charge in [-0.25, -0.2) is 9.78 Å². The molecule has 0 unspecified atom stereocenters. The highest BCUT2D eigenvalue weighted by molar-refractivity contribution is 7.16. The van der Waals surface area contributed by atoms with E-state index in [0.717, 1.165) is 23.6 Å². The Kier molecular flexibility index (Phi) is 7.73. The van der Waals surface area contributed by atoms with Crippen molar-refractivity contribution in [2.45, 2.75) is 26.4 Å². The highest BCUT2D eigenvalue weighted by Gasteiger charge is 2.31. The number of rotatable bonds is 7. The number of esters is 1. The Hall–Kier alpha value is -2.66. The average Bonchev–Trinajstić information content (AvgIpc) is 3.17. The molecule has 3 rings (SSSR count). The molecule has 0 bridgehead atoms. The summed E-state index contributed by atoms with van der Waals surface area (Å²) in [5, 5.41) is 3.30. The number of anilines is 2. The van der Waals surface area contributed by atoms with Gasteiger partial charge >= 0.3 is 12.1 Å². The van der Waals surface area contributed by atoms with E-state index < -0.39 is 17.7 Å². The third-order valence-corrected chi connectivity index (χ3v) is 6.21. The third kappa shape index (κ3) is 5.98. The first-order valence-electron chi connectivity index (χ1n) is 10.3. The maximum Gasteiger partial charge on any atom is 0.417 e. The first-order chi connectivity index (χ1) is 15.2. The molecule has 0 atom stereocenters. The Morgan fingerprint density at radius 2 is 1.91 bits per heavy atom. The van der Waals surface area contributed by atoms with E-state index in [0.29, 0.717) is 42.6 Å². The molecular weight excluding hydrogens is 445 g/mol. The lowest BCUT2D eigenvalue weighted by molar-refractivity contribution is -0.137. The van der Waals surface area contributed by atoms with Crippen molar-refractivity contribution in [3.8, 4) is 0 Å². The minimum absolute atomic E-state index is 0.149. The fourth-order valence-electron chi connectivity index (χ4n) is 3.31. The van der Waals surface area contributed by atoms with E-state index in [-0.39, 0.29) is 19.1 Å². The Bertz CT molecular complexity index is 939. The van der Waals surface area contributed by atoms with Crippen molar-refractivity contribution >= 4 is 34.0 Å². The van der Waals surface area contributed by atoms with Crippen LogP contribution < -0.4 is 10.2 Å². The monoisotopic (exact) mass is 470 g/mol. The molecule has 0 saturated carbocycles. The second-order valence-corrected chi connectivity index (χ2v) is 8.38. The summed E-state index contributed by atoms with van der Waals surface area (Å²) in [6.07, 6.45) is -2.83. The Morgan fingerprint density at radius 1 is 1.19 bits per heavy atom. The van der Waals surface area contributed by atoms with Gasteiger partial charge in [0.1, 0.15) is 10.8 Å². The molecule has 7 nitrogen and oxygen atoms in total. The number of aryl methyl sites for hydroxylation is 1. The second kappa shape index (κ2) is 10.3. The zero-order chi connectivity index (χ0) is 23.3. The van der Waals surface area contributed by atoms with Crippen molar-refractivity contribution in [2.24, 2.45) is 0 Å². The summed E-state index contributed by atoms with van der Waals surface area (Å²) >= 11 is 1.36. The van der Waals surface area contributed by atoms with Gasteiger partial charge in [0, 0.05) is 37.3 Å².